The molecule has 0 aromatic rings. The first kappa shape index (κ1) is 52.9. The predicted octanol–water partition coefficient (Wildman–Crippen LogP) is -6.25. The van der Waals surface area contributed by atoms with Gasteiger partial charge in [0.2, 0.25) is 0 Å². The number of rotatable bonds is 0. The number of phosphoric acid groups is 2. The zero-order valence-electron chi connectivity index (χ0n) is 6.69. The molecule has 2 N–H and O–H groups in total. The van der Waals surface area contributed by atoms with Crippen LogP contribution in [-0.2, 0) is 62.2 Å². The van der Waals surface area contributed by atoms with Crippen molar-refractivity contribution in [3.63, 3.8) is 0 Å². The second-order valence-corrected chi connectivity index (χ2v) is 2.68. The van der Waals surface area contributed by atoms with Crippen LogP contribution in [0.4, 0.5) is 0 Å². The summed E-state index contributed by atoms with van der Waals surface area (Å²) in [5.41, 5.74) is 0. The van der Waals surface area contributed by atoms with Crippen molar-refractivity contribution in [3.8, 4) is 0 Å². The smallest absolute Gasteiger partial charge is 2.00 e. The third-order valence-corrected chi connectivity index (χ3v) is 0. The van der Waals surface area contributed by atoms with Crippen LogP contribution in [0.15, 0.2) is 0 Å². The fourth-order valence-electron chi connectivity index (χ4n) is 0. The zero-order chi connectivity index (χ0) is 9.00. The molecule has 0 aromatic carbocycles. The molecule has 0 unspecified atom stereocenters. The van der Waals surface area contributed by atoms with Crippen LogP contribution >= 0.6 is 15.6 Å². The van der Waals surface area contributed by atoms with Crippen LogP contribution in [0.2, 0.25) is 0 Å². The van der Waals surface area contributed by atoms with Crippen molar-refractivity contribution in [2.24, 2.45) is 0 Å². The molecule has 0 heterocycles. The van der Waals surface area contributed by atoms with Crippen LogP contribution in [0, 0.1) is 0 Å². The van der Waals surface area contributed by atoms with E-state index in [1.165, 1.54) is 0 Å². The van der Waals surface area contributed by atoms with E-state index in [0.29, 0.717) is 0 Å². The minimum absolute atomic E-state index is 0. The zero-order valence-corrected chi connectivity index (χ0v) is 13.4. The van der Waals surface area contributed by atoms with Gasteiger partial charge in [0.25, 0.3) is 0 Å². The quantitative estimate of drug-likeness (QED) is 0.208. The third-order valence-electron chi connectivity index (χ3n) is 0. The van der Waals surface area contributed by atoms with Gasteiger partial charge in [0.05, 0.1) is 0 Å². The van der Waals surface area contributed by atoms with Crippen molar-refractivity contribution < 1.29 is 103 Å². The molecule has 0 radical (unpaired) electrons. The Bertz CT molecular complexity index is 131. The molecule has 0 aliphatic heterocycles. The first-order valence-electron chi connectivity index (χ1n) is 1.46. The molecule has 0 aliphatic carbocycles. The van der Waals surface area contributed by atoms with E-state index in [0.717, 1.165) is 0 Å². The second kappa shape index (κ2) is 21.7. The normalized spacial score (nSPS) is 7.38. The number of hydrogen-bond donors (Lipinski definition) is 0. The van der Waals surface area contributed by atoms with E-state index < -0.39 is 15.6 Å². The van der Waals surface area contributed by atoms with Gasteiger partial charge in [-0.2, -0.15) is 15.6 Å². The Kier molecular flexibility index (Phi) is 71.7. The fraction of sp³-hybridized carbons (Fsp3) is 0. The Balaban J connectivity index is -0.00000000970. The van der Waals surface area contributed by atoms with E-state index in [1.54, 1.807) is 0 Å². The molecule has 16 heavy (non-hydrogen) atoms. The maximum atomic E-state index is 8.55. The van der Waals surface area contributed by atoms with Gasteiger partial charge in [0, 0.05) is 0 Å². The molecule has 0 spiro atoms. The van der Waals surface area contributed by atoms with Gasteiger partial charge in [-0.15, -0.1) is 0 Å². The van der Waals surface area contributed by atoms with Crippen LogP contribution in [0.1, 0.15) is 0 Å². The SMILES string of the molecule is O=P([O-])([O-])[O-].O=P([O-])([O-])[O-].[Mo+6].[O-2].[O-2].[OH-].[OH-].[W+6]. The van der Waals surface area contributed by atoms with Crippen LogP contribution in [-0.4, -0.2) is 11.0 Å². The molecule has 16 heteroatoms. The van der Waals surface area contributed by atoms with E-state index in [9.17, 15) is 0 Å². The third kappa shape index (κ3) is 1560. The molecule has 0 atom stereocenters. The molecular formula is H2MoO12P2W. The van der Waals surface area contributed by atoms with Crippen LogP contribution in [0.3, 0.4) is 0 Å². The van der Waals surface area contributed by atoms with Crippen molar-refractivity contribution in [1.29, 1.82) is 0 Å². The van der Waals surface area contributed by atoms with E-state index in [-0.39, 0.29) is 64.0 Å². The Morgan fingerprint density at radius 3 is 0.625 bits per heavy atom. The van der Waals surface area contributed by atoms with Crippen molar-refractivity contribution in [2.45, 2.75) is 0 Å². The van der Waals surface area contributed by atoms with Crippen LogP contribution in [0.5, 0.6) is 0 Å². The van der Waals surface area contributed by atoms with E-state index in [2.05, 4.69) is 0 Å². The van der Waals surface area contributed by atoms with Gasteiger partial charge in [-0.25, -0.2) is 0 Å². The van der Waals surface area contributed by atoms with Crippen LogP contribution < -0.4 is 29.4 Å². The maximum Gasteiger partial charge on any atom is 6.00 e. The summed E-state index contributed by atoms with van der Waals surface area (Å²) in [5.74, 6) is 0. The van der Waals surface area contributed by atoms with Gasteiger partial charge in [-0.1, -0.05) is 0 Å². The minimum atomic E-state index is -5.39. The predicted molar refractivity (Wildman–Crippen MR) is 20.5 cm³/mol. The average molecular weight is 536 g/mol. The Morgan fingerprint density at radius 1 is 0.625 bits per heavy atom. The molecule has 0 aliphatic rings. The first-order valence-corrected chi connectivity index (χ1v) is 4.38. The van der Waals surface area contributed by atoms with E-state index >= 15 is 0 Å². The monoisotopic (exact) mass is 538 g/mol. The van der Waals surface area contributed by atoms with E-state index in [1.807, 2.05) is 0 Å². The number of hydrogen-bond acceptors (Lipinski definition) is 10. The Morgan fingerprint density at radius 2 is 0.625 bits per heavy atom. The molecule has 0 bridgehead atoms. The van der Waals surface area contributed by atoms with Gasteiger partial charge in [0.15, 0.2) is 0 Å². The largest absolute Gasteiger partial charge is 6.00 e. The molecule has 0 amide bonds. The van der Waals surface area contributed by atoms with Crippen LogP contribution in [0.25, 0.3) is 0 Å². The Hall–Kier alpha value is 1.44. The molecule has 12 nitrogen and oxygen atoms in total. The molecule has 0 saturated carbocycles. The molecule has 0 aromatic heterocycles. The molecule has 0 saturated heterocycles. The molecule has 0 rings (SSSR count). The van der Waals surface area contributed by atoms with Crippen molar-refractivity contribution in [3.05, 3.63) is 0 Å². The topological polar surface area (TPSA) is 290 Å². The van der Waals surface area contributed by atoms with Crippen molar-refractivity contribution in [1.82, 2.24) is 0 Å². The average Bonchev–Trinajstić information content (AvgIpc) is 1.12. The van der Waals surface area contributed by atoms with Crippen molar-refractivity contribution >= 4 is 15.6 Å². The van der Waals surface area contributed by atoms with E-state index in [4.69, 9.17) is 38.5 Å². The second-order valence-electron chi connectivity index (χ2n) is 0.894. The first-order chi connectivity index (χ1) is 4.00. The summed E-state index contributed by atoms with van der Waals surface area (Å²) in [6.45, 7) is 0. The summed E-state index contributed by atoms with van der Waals surface area (Å²) in [4.78, 5) is 51.3. The Labute approximate surface area is 118 Å². The summed E-state index contributed by atoms with van der Waals surface area (Å²) in [6.07, 6.45) is 0. The summed E-state index contributed by atoms with van der Waals surface area (Å²) in [6, 6.07) is 0. The molecular weight excluding hydrogens is 534 g/mol. The molecule has 0 fully saturated rings. The summed E-state index contributed by atoms with van der Waals surface area (Å²) >= 11 is 0. The van der Waals surface area contributed by atoms with Crippen molar-refractivity contribution in [2.75, 3.05) is 0 Å². The summed E-state index contributed by atoms with van der Waals surface area (Å²) < 4.78 is 17.1. The fourth-order valence-corrected chi connectivity index (χ4v) is 0. The van der Waals surface area contributed by atoms with Gasteiger partial charge >= 0.3 is 42.1 Å². The standard InChI is InChI=1S/Mo.2H3O4P.2H2O.2O.W/c;2*1-5(2,3)4;;;;;/h;2*(H3,1,2,3,4);2*1H2;;;/q+6;;;;;2*-2;+6/p-8. The summed E-state index contributed by atoms with van der Waals surface area (Å²) in [5, 5.41) is 0. The summed E-state index contributed by atoms with van der Waals surface area (Å²) in [7, 11) is -10.8. The van der Waals surface area contributed by atoms with Gasteiger partial charge in [0.1, 0.15) is 0 Å². The minimum Gasteiger partial charge on any atom is -2.00 e. The maximum absolute atomic E-state index is 8.55. The molecule has 96 valence electrons. The van der Waals surface area contributed by atoms with Gasteiger partial charge < -0.3 is 60.4 Å². The van der Waals surface area contributed by atoms with Gasteiger partial charge in [-0.05, 0) is 0 Å². The van der Waals surface area contributed by atoms with Gasteiger partial charge in [-0.3, -0.25) is 0 Å².